The molecule has 1 saturated carbocycles. The van der Waals surface area contributed by atoms with Crippen molar-refractivity contribution in [2.24, 2.45) is 5.92 Å². The number of halogens is 1. The predicted octanol–water partition coefficient (Wildman–Crippen LogP) is 3.08. The molecule has 0 aliphatic heterocycles. The largest absolute Gasteiger partial charge is 0.462 e. The molecule has 1 aromatic carbocycles. The zero-order valence-electron chi connectivity index (χ0n) is 10.3. The Labute approximate surface area is 109 Å². The summed E-state index contributed by atoms with van der Waals surface area (Å²) >= 11 is 0. The van der Waals surface area contributed by atoms with Crippen molar-refractivity contribution in [2.75, 3.05) is 6.61 Å². The van der Waals surface area contributed by atoms with Crippen molar-refractivity contribution in [2.45, 2.75) is 25.7 Å². The van der Waals surface area contributed by atoms with Gasteiger partial charge in [-0.15, -0.1) is 0 Å². The number of esters is 1. The fourth-order valence-corrected chi connectivity index (χ4v) is 2.28. The third-order valence-electron chi connectivity index (χ3n) is 3.30. The van der Waals surface area contributed by atoms with Crippen LogP contribution in [0.15, 0.2) is 18.2 Å². The third kappa shape index (κ3) is 3.27. The molecule has 0 unspecified atom stereocenters. The molecule has 1 fully saturated rings. The lowest BCUT2D eigenvalue weighted by Crippen LogP contribution is -2.13. The number of nitro benzene ring substituents is 1. The van der Waals surface area contributed by atoms with Crippen molar-refractivity contribution in [3.63, 3.8) is 0 Å². The Morgan fingerprint density at radius 2 is 2.11 bits per heavy atom. The number of benzene rings is 1. The minimum atomic E-state index is -0.835. The molecule has 0 N–H and O–H groups in total. The molecule has 0 spiro atoms. The van der Waals surface area contributed by atoms with E-state index < -0.39 is 22.4 Å². The zero-order valence-corrected chi connectivity index (χ0v) is 10.3. The highest BCUT2D eigenvalue weighted by atomic mass is 19.1. The Balaban J connectivity index is 2.08. The van der Waals surface area contributed by atoms with Gasteiger partial charge in [0.05, 0.1) is 11.5 Å². The first-order valence-electron chi connectivity index (χ1n) is 6.19. The van der Waals surface area contributed by atoms with Crippen LogP contribution in [0.1, 0.15) is 36.0 Å². The maximum Gasteiger partial charge on any atom is 0.345 e. The lowest BCUT2D eigenvalue weighted by Gasteiger charge is -2.10. The molecular formula is C13H14FNO4. The van der Waals surface area contributed by atoms with Gasteiger partial charge in [-0.2, -0.15) is 0 Å². The van der Waals surface area contributed by atoms with Gasteiger partial charge >= 0.3 is 5.97 Å². The quantitative estimate of drug-likeness (QED) is 0.477. The topological polar surface area (TPSA) is 69.4 Å². The van der Waals surface area contributed by atoms with Crippen molar-refractivity contribution in [3.8, 4) is 0 Å². The molecule has 0 amide bonds. The summed E-state index contributed by atoms with van der Waals surface area (Å²) in [4.78, 5) is 21.8. The maximum atomic E-state index is 13.1. The molecule has 1 aromatic rings. The van der Waals surface area contributed by atoms with E-state index in [1.807, 2.05) is 0 Å². The molecule has 0 saturated heterocycles. The summed E-state index contributed by atoms with van der Waals surface area (Å²) in [6.45, 7) is 0.243. The summed E-state index contributed by atoms with van der Waals surface area (Å²) in [5.41, 5.74) is -0.763. The normalized spacial score (nSPS) is 15.4. The second-order valence-corrected chi connectivity index (χ2v) is 4.67. The van der Waals surface area contributed by atoms with Gasteiger partial charge in [-0.3, -0.25) is 10.1 Å². The minimum absolute atomic E-state index is 0.243. The zero-order chi connectivity index (χ0) is 13.8. The van der Waals surface area contributed by atoms with E-state index in [0.717, 1.165) is 43.9 Å². The van der Waals surface area contributed by atoms with Crippen LogP contribution in [0.3, 0.4) is 0 Å². The van der Waals surface area contributed by atoms with Crippen molar-refractivity contribution in [1.29, 1.82) is 0 Å². The summed E-state index contributed by atoms with van der Waals surface area (Å²) < 4.78 is 18.1. The molecule has 1 aliphatic carbocycles. The van der Waals surface area contributed by atoms with Gasteiger partial charge in [0, 0.05) is 6.07 Å². The Morgan fingerprint density at radius 3 is 2.74 bits per heavy atom. The molecule has 5 nitrogen and oxygen atoms in total. The molecule has 0 aromatic heterocycles. The van der Waals surface area contributed by atoms with Crippen LogP contribution in [-0.4, -0.2) is 17.5 Å². The molecule has 2 rings (SSSR count). The van der Waals surface area contributed by atoms with E-state index in [0.29, 0.717) is 5.92 Å². The second kappa shape index (κ2) is 5.77. The van der Waals surface area contributed by atoms with Crippen molar-refractivity contribution in [1.82, 2.24) is 0 Å². The first-order valence-corrected chi connectivity index (χ1v) is 6.19. The lowest BCUT2D eigenvalue weighted by molar-refractivity contribution is -0.385. The van der Waals surface area contributed by atoms with Crippen molar-refractivity contribution in [3.05, 3.63) is 39.7 Å². The van der Waals surface area contributed by atoms with Gasteiger partial charge in [0.25, 0.3) is 5.69 Å². The van der Waals surface area contributed by atoms with E-state index in [4.69, 9.17) is 4.74 Å². The number of rotatable bonds is 4. The van der Waals surface area contributed by atoms with E-state index >= 15 is 0 Å². The Hall–Kier alpha value is -1.98. The highest BCUT2D eigenvalue weighted by Gasteiger charge is 2.24. The summed E-state index contributed by atoms with van der Waals surface area (Å²) in [6, 6.07) is 2.77. The predicted molar refractivity (Wildman–Crippen MR) is 65.3 cm³/mol. The van der Waals surface area contributed by atoms with Gasteiger partial charge in [0.2, 0.25) is 0 Å². The summed E-state index contributed by atoms with van der Waals surface area (Å²) in [5.74, 6) is -1.21. The van der Waals surface area contributed by atoms with E-state index in [2.05, 4.69) is 0 Å². The number of ether oxygens (including phenoxy) is 1. The highest BCUT2D eigenvalue weighted by molar-refractivity contribution is 5.93. The number of hydrogen-bond donors (Lipinski definition) is 0. The van der Waals surface area contributed by atoms with E-state index in [9.17, 15) is 19.3 Å². The Kier molecular flexibility index (Phi) is 4.09. The van der Waals surface area contributed by atoms with Crippen LogP contribution in [-0.2, 0) is 4.74 Å². The number of hydrogen-bond acceptors (Lipinski definition) is 4. The van der Waals surface area contributed by atoms with Gasteiger partial charge in [-0.05, 0) is 30.9 Å². The molecule has 0 radical (unpaired) electrons. The lowest BCUT2D eigenvalue weighted by atomic mass is 10.1. The molecule has 0 atom stereocenters. The highest BCUT2D eigenvalue weighted by Crippen LogP contribution is 2.26. The van der Waals surface area contributed by atoms with Gasteiger partial charge in [0.15, 0.2) is 0 Å². The van der Waals surface area contributed by atoms with Crippen LogP contribution >= 0.6 is 0 Å². The van der Waals surface area contributed by atoms with Crippen LogP contribution in [0.25, 0.3) is 0 Å². The summed E-state index contributed by atoms with van der Waals surface area (Å²) in [7, 11) is 0. The van der Waals surface area contributed by atoms with Gasteiger partial charge < -0.3 is 4.74 Å². The number of carbonyl (C=O) groups is 1. The second-order valence-electron chi connectivity index (χ2n) is 4.67. The summed E-state index contributed by atoms with van der Waals surface area (Å²) in [5, 5.41) is 10.8. The summed E-state index contributed by atoms with van der Waals surface area (Å²) in [6.07, 6.45) is 4.22. The molecule has 19 heavy (non-hydrogen) atoms. The van der Waals surface area contributed by atoms with E-state index in [1.165, 1.54) is 0 Å². The first kappa shape index (κ1) is 13.5. The van der Waals surface area contributed by atoms with Crippen LogP contribution in [0.5, 0.6) is 0 Å². The average molecular weight is 267 g/mol. The number of carbonyl (C=O) groups excluding carboxylic acids is 1. The Bertz CT molecular complexity index is 497. The molecule has 0 heterocycles. The van der Waals surface area contributed by atoms with Crippen LogP contribution < -0.4 is 0 Å². The molecule has 1 aliphatic rings. The maximum absolute atomic E-state index is 13.1. The molecule has 102 valence electrons. The van der Waals surface area contributed by atoms with Crippen molar-refractivity contribution < 1.29 is 18.8 Å². The SMILES string of the molecule is O=C(OCC1CCCC1)c1cc(F)ccc1[N+](=O)[O-]. The number of nitro groups is 1. The van der Waals surface area contributed by atoms with Gasteiger partial charge in [-0.25, -0.2) is 9.18 Å². The van der Waals surface area contributed by atoms with Crippen LogP contribution in [0.4, 0.5) is 10.1 Å². The van der Waals surface area contributed by atoms with E-state index in [-0.39, 0.29) is 12.2 Å². The monoisotopic (exact) mass is 267 g/mol. The van der Waals surface area contributed by atoms with Crippen LogP contribution in [0, 0.1) is 21.8 Å². The molecule has 0 bridgehead atoms. The van der Waals surface area contributed by atoms with Crippen LogP contribution in [0.2, 0.25) is 0 Å². The van der Waals surface area contributed by atoms with Gasteiger partial charge in [0.1, 0.15) is 11.4 Å². The smallest absolute Gasteiger partial charge is 0.345 e. The fourth-order valence-electron chi connectivity index (χ4n) is 2.28. The Morgan fingerprint density at radius 1 is 1.42 bits per heavy atom. The standard InChI is InChI=1S/C13H14FNO4/c14-10-5-6-12(15(17)18)11(7-10)13(16)19-8-9-3-1-2-4-9/h5-7,9H,1-4,8H2. The van der Waals surface area contributed by atoms with E-state index in [1.54, 1.807) is 0 Å². The average Bonchev–Trinajstić information content (AvgIpc) is 2.88. The number of nitrogens with zero attached hydrogens (tertiary/aromatic N) is 1. The minimum Gasteiger partial charge on any atom is -0.462 e. The fraction of sp³-hybridized carbons (Fsp3) is 0.462. The third-order valence-corrected chi connectivity index (χ3v) is 3.30. The molecule has 6 heteroatoms. The molecular weight excluding hydrogens is 253 g/mol. The first-order chi connectivity index (χ1) is 9.08. The van der Waals surface area contributed by atoms with Gasteiger partial charge in [-0.1, -0.05) is 12.8 Å². The van der Waals surface area contributed by atoms with Crippen molar-refractivity contribution >= 4 is 11.7 Å².